The fourth-order valence-electron chi connectivity index (χ4n) is 1.26. The topological polar surface area (TPSA) is 0 Å². The van der Waals surface area contributed by atoms with Crippen molar-refractivity contribution in [2.75, 3.05) is 0 Å². The van der Waals surface area contributed by atoms with Crippen LogP contribution in [0.5, 0.6) is 0 Å². The first-order chi connectivity index (χ1) is 4.70. The van der Waals surface area contributed by atoms with Crippen molar-refractivity contribution in [1.29, 1.82) is 0 Å². The Morgan fingerprint density at radius 2 is 2.40 bits per heavy atom. The highest BCUT2D eigenvalue weighted by Gasteiger charge is 2.11. The molecule has 1 unspecified atom stereocenters. The number of hydrogen-bond acceptors (Lipinski definition) is 0. The summed E-state index contributed by atoms with van der Waals surface area (Å²) in [5, 5.41) is 0. The van der Waals surface area contributed by atoms with Crippen LogP contribution in [0.25, 0.3) is 0 Å². The maximum Gasteiger partial charge on any atom is 0.107 e. The van der Waals surface area contributed by atoms with E-state index in [-0.39, 0.29) is 0 Å². The summed E-state index contributed by atoms with van der Waals surface area (Å²) in [6.45, 7) is 3.71. The minimum atomic E-state index is 0.421. The molecule has 0 aromatic carbocycles. The number of rotatable bonds is 1. The van der Waals surface area contributed by atoms with Gasteiger partial charge in [-0.3, -0.25) is 0 Å². The summed E-state index contributed by atoms with van der Waals surface area (Å²) < 4.78 is 0. The summed E-state index contributed by atoms with van der Waals surface area (Å²) >= 11 is 0. The van der Waals surface area contributed by atoms with Gasteiger partial charge in [-0.1, -0.05) is 6.08 Å². The molecule has 1 aliphatic rings. The van der Waals surface area contributed by atoms with Gasteiger partial charge >= 0.3 is 0 Å². The van der Waals surface area contributed by atoms with Gasteiger partial charge in [0.15, 0.2) is 0 Å². The number of allylic oxidation sites excluding steroid dienone is 3. The second-order valence-electron chi connectivity index (χ2n) is 2.83. The molecular formula is C8H10B2. The SMILES string of the molecule is [B]C(=C)C1CCC=C([B])C1. The average Bonchev–Trinajstić information content (AvgIpc) is 1.88. The van der Waals surface area contributed by atoms with E-state index in [0.717, 1.165) is 30.2 Å². The van der Waals surface area contributed by atoms with Gasteiger partial charge in [-0.05, 0) is 25.2 Å². The van der Waals surface area contributed by atoms with Gasteiger partial charge in [0.2, 0.25) is 0 Å². The molecule has 0 spiro atoms. The summed E-state index contributed by atoms with van der Waals surface area (Å²) in [7, 11) is 11.2. The maximum absolute atomic E-state index is 5.63. The second-order valence-corrected chi connectivity index (χ2v) is 2.83. The lowest BCUT2D eigenvalue weighted by Crippen LogP contribution is -2.08. The highest BCUT2D eigenvalue weighted by Crippen LogP contribution is 2.25. The molecule has 1 rings (SSSR count). The first-order valence-electron chi connectivity index (χ1n) is 3.59. The van der Waals surface area contributed by atoms with Crippen LogP contribution in [0.1, 0.15) is 19.3 Å². The molecule has 1 aliphatic carbocycles. The first-order valence-corrected chi connectivity index (χ1v) is 3.59. The lowest BCUT2D eigenvalue weighted by atomic mass is 9.72. The summed E-state index contributed by atoms with van der Waals surface area (Å²) in [5.74, 6) is 0.421. The summed E-state index contributed by atoms with van der Waals surface area (Å²) in [4.78, 5) is 0. The Bertz CT molecular complexity index is 170. The van der Waals surface area contributed by atoms with Gasteiger partial charge in [-0.25, -0.2) is 0 Å². The van der Waals surface area contributed by atoms with Gasteiger partial charge < -0.3 is 0 Å². The molecule has 0 bridgehead atoms. The molecule has 2 heteroatoms. The molecule has 0 aromatic rings. The van der Waals surface area contributed by atoms with Gasteiger partial charge in [-0.2, -0.15) is 0 Å². The largest absolute Gasteiger partial charge is 0.121 e. The molecule has 0 fully saturated rings. The van der Waals surface area contributed by atoms with E-state index in [1.807, 2.05) is 0 Å². The standard InChI is InChI=1S/C8H10B2/c1-6(9)7-3-2-4-8(10)5-7/h4,7H,1-3,5H2. The quantitative estimate of drug-likeness (QED) is 0.469. The Kier molecular flexibility index (Phi) is 2.42. The minimum absolute atomic E-state index is 0.421. The molecule has 0 N–H and O–H groups in total. The molecule has 0 amide bonds. The van der Waals surface area contributed by atoms with E-state index >= 15 is 0 Å². The van der Waals surface area contributed by atoms with E-state index in [4.69, 9.17) is 15.7 Å². The van der Waals surface area contributed by atoms with E-state index < -0.39 is 0 Å². The summed E-state index contributed by atoms with van der Waals surface area (Å²) in [6.07, 6.45) is 5.12. The minimum Gasteiger partial charge on any atom is -0.121 e. The Hall–Kier alpha value is -0.390. The van der Waals surface area contributed by atoms with Gasteiger partial charge in [0.25, 0.3) is 0 Å². The lowest BCUT2D eigenvalue weighted by Gasteiger charge is -2.21. The van der Waals surface area contributed by atoms with Gasteiger partial charge in [0.1, 0.15) is 15.7 Å². The third kappa shape index (κ3) is 1.79. The monoisotopic (exact) mass is 128 g/mol. The van der Waals surface area contributed by atoms with Crippen LogP contribution in [0.2, 0.25) is 0 Å². The van der Waals surface area contributed by atoms with E-state index in [1.165, 1.54) is 0 Å². The van der Waals surface area contributed by atoms with Crippen LogP contribution in [0.15, 0.2) is 23.6 Å². The van der Waals surface area contributed by atoms with Crippen molar-refractivity contribution in [2.45, 2.75) is 19.3 Å². The van der Waals surface area contributed by atoms with E-state index in [0.29, 0.717) is 5.92 Å². The highest BCUT2D eigenvalue weighted by atomic mass is 14.1. The fraction of sp³-hybridized carbons (Fsp3) is 0.500. The van der Waals surface area contributed by atoms with Crippen LogP contribution in [0.4, 0.5) is 0 Å². The molecule has 48 valence electrons. The van der Waals surface area contributed by atoms with Crippen molar-refractivity contribution in [3.63, 3.8) is 0 Å². The maximum atomic E-state index is 5.63. The van der Waals surface area contributed by atoms with Crippen molar-refractivity contribution < 1.29 is 0 Å². The zero-order chi connectivity index (χ0) is 7.56. The van der Waals surface area contributed by atoms with Gasteiger partial charge in [0, 0.05) is 0 Å². The third-order valence-corrected chi connectivity index (χ3v) is 1.93. The average molecular weight is 128 g/mol. The molecule has 0 nitrogen and oxygen atoms in total. The molecule has 0 saturated carbocycles. The predicted octanol–water partition coefficient (Wildman–Crippen LogP) is 1.52. The lowest BCUT2D eigenvalue weighted by molar-refractivity contribution is 0.568. The smallest absolute Gasteiger partial charge is 0.107 e. The molecule has 0 saturated heterocycles. The van der Waals surface area contributed by atoms with Crippen LogP contribution in [0.3, 0.4) is 0 Å². The van der Waals surface area contributed by atoms with Crippen molar-refractivity contribution in [2.24, 2.45) is 5.92 Å². The molecular weight excluding hydrogens is 118 g/mol. The van der Waals surface area contributed by atoms with Crippen molar-refractivity contribution in [3.8, 4) is 0 Å². The first kappa shape index (κ1) is 7.71. The molecule has 0 aliphatic heterocycles. The molecule has 0 aromatic heterocycles. The predicted molar refractivity (Wildman–Crippen MR) is 46.1 cm³/mol. The van der Waals surface area contributed by atoms with Crippen LogP contribution < -0.4 is 0 Å². The highest BCUT2D eigenvalue weighted by molar-refractivity contribution is 6.23. The van der Waals surface area contributed by atoms with Gasteiger partial charge in [0.05, 0.1) is 0 Å². The van der Waals surface area contributed by atoms with E-state index in [2.05, 4.69) is 12.7 Å². The normalized spacial score (nSPS) is 25.6. The van der Waals surface area contributed by atoms with Crippen molar-refractivity contribution >= 4 is 15.7 Å². The van der Waals surface area contributed by atoms with Crippen LogP contribution in [-0.2, 0) is 0 Å². The third-order valence-electron chi connectivity index (χ3n) is 1.93. The van der Waals surface area contributed by atoms with Crippen LogP contribution in [-0.4, -0.2) is 15.7 Å². The summed E-state index contributed by atoms with van der Waals surface area (Å²) in [6, 6.07) is 0. The molecule has 4 radical (unpaired) electrons. The fourth-order valence-corrected chi connectivity index (χ4v) is 1.26. The van der Waals surface area contributed by atoms with E-state index in [1.54, 1.807) is 0 Å². The Labute approximate surface area is 65.2 Å². The molecule has 10 heavy (non-hydrogen) atoms. The van der Waals surface area contributed by atoms with Crippen LogP contribution in [0, 0.1) is 5.92 Å². The zero-order valence-electron chi connectivity index (χ0n) is 6.14. The van der Waals surface area contributed by atoms with Gasteiger partial charge in [-0.15, -0.1) is 17.5 Å². The van der Waals surface area contributed by atoms with Crippen molar-refractivity contribution in [3.05, 3.63) is 23.6 Å². The Morgan fingerprint density at radius 3 is 2.80 bits per heavy atom. The Balaban J connectivity index is 2.53. The number of hydrogen-bond donors (Lipinski definition) is 0. The van der Waals surface area contributed by atoms with Crippen molar-refractivity contribution in [1.82, 2.24) is 0 Å². The van der Waals surface area contributed by atoms with E-state index in [9.17, 15) is 0 Å². The second kappa shape index (κ2) is 3.14. The van der Waals surface area contributed by atoms with Crippen LogP contribution >= 0.6 is 0 Å². The zero-order valence-corrected chi connectivity index (χ0v) is 6.14. The molecule has 0 heterocycles. The Morgan fingerprint density at radius 1 is 1.70 bits per heavy atom. The summed E-state index contributed by atoms with van der Waals surface area (Å²) in [5.41, 5.74) is 1.74. The molecule has 1 atom stereocenters.